The van der Waals surface area contributed by atoms with Crippen LogP contribution in [0, 0.1) is 0 Å². The Balaban J connectivity index is 1.36. The average molecular weight is 306 g/mol. The van der Waals surface area contributed by atoms with Crippen molar-refractivity contribution in [1.82, 2.24) is 9.80 Å². The maximum absolute atomic E-state index is 5.87. The number of likely N-dealkylation sites (tertiary alicyclic amines) is 1. The number of ether oxygens (including phenoxy) is 3. The largest absolute Gasteiger partial charge is 0.497 e. The Morgan fingerprint density at radius 2 is 1.95 bits per heavy atom. The number of nitrogens with zero attached hydrogens (tertiary/aromatic N) is 2. The van der Waals surface area contributed by atoms with Crippen molar-refractivity contribution in [3.63, 3.8) is 0 Å². The van der Waals surface area contributed by atoms with Gasteiger partial charge in [0.2, 0.25) is 0 Å². The molecule has 5 nitrogen and oxygen atoms in total. The van der Waals surface area contributed by atoms with Gasteiger partial charge in [-0.3, -0.25) is 9.80 Å². The van der Waals surface area contributed by atoms with E-state index < -0.39 is 0 Å². The standard InChI is InChI=1S/C17H26N2O3/c1-18-9-11-22-17-13-19(12-16(17)18)8-3-10-21-15-6-4-14(20-2)5-7-15/h4-7,16-17H,3,8-13H2,1-2H3/t16-,17+/m0/s1. The number of methoxy groups -OCH3 is 1. The minimum absolute atomic E-state index is 0.390. The molecule has 2 saturated heterocycles. The van der Waals surface area contributed by atoms with Crippen LogP contribution < -0.4 is 9.47 Å². The summed E-state index contributed by atoms with van der Waals surface area (Å²) >= 11 is 0. The fourth-order valence-corrected chi connectivity index (χ4v) is 3.27. The van der Waals surface area contributed by atoms with Crippen molar-refractivity contribution in [2.75, 3.05) is 53.6 Å². The Bertz CT molecular complexity index is 465. The molecule has 1 aromatic rings. The molecular weight excluding hydrogens is 280 g/mol. The van der Waals surface area contributed by atoms with Gasteiger partial charge < -0.3 is 14.2 Å². The van der Waals surface area contributed by atoms with Gasteiger partial charge in [-0.15, -0.1) is 0 Å². The van der Waals surface area contributed by atoms with E-state index >= 15 is 0 Å². The summed E-state index contributed by atoms with van der Waals surface area (Å²) < 4.78 is 16.8. The lowest BCUT2D eigenvalue weighted by Gasteiger charge is -2.33. The van der Waals surface area contributed by atoms with Crippen LogP contribution >= 0.6 is 0 Å². The van der Waals surface area contributed by atoms with Gasteiger partial charge in [0.15, 0.2) is 0 Å². The van der Waals surface area contributed by atoms with Crippen molar-refractivity contribution in [1.29, 1.82) is 0 Å². The van der Waals surface area contributed by atoms with Gasteiger partial charge in [-0.05, 0) is 37.7 Å². The van der Waals surface area contributed by atoms with Crippen LogP contribution in [0.15, 0.2) is 24.3 Å². The molecule has 5 heteroatoms. The Labute approximate surface area is 132 Å². The van der Waals surface area contributed by atoms with Crippen LogP contribution in [-0.2, 0) is 4.74 Å². The first-order chi connectivity index (χ1) is 10.8. The Morgan fingerprint density at radius 1 is 1.18 bits per heavy atom. The number of hydrogen-bond donors (Lipinski definition) is 0. The maximum atomic E-state index is 5.87. The van der Waals surface area contributed by atoms with Gasteiger partial charge in [0.25, 0.3) is 0 Å². The van der Waals surface area contributed by atoms with Crippen molar-refractivity contribution in [2.24, 2.45) is 0 Å². The molecule has 0 saturated carbocycles. The predicted molar refractivity (Wildman–Crippen MR) is 85.7 cm³/mol. The highest BCUT2D eigenvalue weighted by molar-refractivity contribution is 5.31. The van der Waals surface area contributed by atoms with Gasteiger partial charge in [0, 0.05) is 32.2 Å². The van der Waals surface area contributed by atoms with Crippen LogP contribution in [0.3, 0.4) is 0 Å². The molecule has 3 rings (SSSR count). The van der Waals surface area contributed by atoms with E-state index in [2.05, 4.69) is 16.8 Å². The second-order valence-electron chi connectivity index (χ2n) is 6.09. The van der Waals surface area contributed by atoms with Crippen LogP contribution in [0.5, 0.6) is 11.5 Å². The van der Waals surface area contributed by atoms with Gasteiger partial charge >= 0.3 is 0 Å². The highest BCUT2D eigenvalue weighted by Crippen LogP contribution is 2.22. The van der Waals surface area contributed by atoms with Gasteiger partial charge in [0.1, 0.15) is 11.5 Å². The van der Waals surface area contributed by atoms with Crippen LogP contribution in [0.2, 0.25) is 0 Å². The molecule has 22 heavy (non-hydrogen) atoms. The lowest BCUT2D eigenvalue weighted by molar-refractivity contribution is -0.0369. The molecule has 2 heterocycles. The van der Waals surface area contributed by atoms with E-state index in [1.807, 2.05) is 24.3 Å². The van der Waals surface area contributed by atoms with Crippen molar-refractivity contribution in [3.8, 4) is 11.5 Å². The predicted octanol–water partition coefficient (Wildman–Crippen LogP) is 1.48. The molecule has 1 aromatic carbocycles. The van der Waals surface area contributed by atoms with E-state index in [0.717, 1.165) is 57.3 Å². The van der Waals surface area contributed by atoms with Crippen LogP contribution in [-0.4, -0.2) is 75.5 Å². The molecule has 2 atom stereocenters. The molecule has 0 aliphatic carbocycles. The second-order valence-corrected chi connectivity index (χ2v) is 6.09. The monoisotopic (exact) mass is 306 g/mol. The van der Waals surface area contributed by atoms with Crippen LogP contribution in [0.25, 0.3) is 0 Å². The van der Waals surface area contributed by atoms with Crippen LogP contribution in [0.1, 0.15) is 6.42 Å². The Hall–Kier alpha value is -1.30. The molecule has 0 spiro atoms. The molecule has 122 valence electrons. The van der Waals surface area contributed by atoms with Gasteiger partial charge in [-0.1, -0.05) is 0 Å². The van der Waals surface area contributed by atoms with Gasteiger partial charge in [-0.25, -0.2) is 0 Å². The van der Waals surface area contributed by atoms with Crippen molar-refractivity contribution in [3.05, 3.63) is 24.3 Å². The highest BCUT2D eigenvalue weighted by Gasteiger charge is 2.37. The molecular formula is C17H26N2O3. The molecule has 2 aliphatic heterocycles. The number of likely N-dealkylation sites (N-methyl/N-ethyl adjacent to an activating group) is 1. The minimum Gasteiger partial charge on any atom is -0.497 e. The van der Waals surface area contributed by atoms with E-state index in [0.29, 0.717) is 12.1 Å². The summed E-state index contributed by atoms with van der Waals surface area (Å²) in [6, 6.07) is 8.32. The molecule has 0 N–H and O–H groups in total. The Morgan fingerprint density at radius 3 is 2.68 bits per heavy atom. The van der Waals surface area contributed by atoms with E-state index in [9.17, 15) is 0 Å². The third kappa shape index (κ3) is 3.72. The zero-order valence-corrected chi connectivity index (χ0v) is 13.5. The number of benzene rings is 1. The third-order valence-corrected chi connectivity index (χ3v) is 4.60. The first-order valence-corrected chi connectivity index (χ1v) is 8.07. The molecule has 0 unspecified atom stereocenters. The lowest BCUT2D eigenvalue weighted by Crippen LogP contribution is -2.48. The fourth-order valence-electron chi connectivity index (χ4n) is 3.27. The summed E-state index contributed by atoms with van der Waals surface area (Å²) in [6.45, 7) is 5.90. The molecule has 0 amide bonds. The van der Waals surface area contributed by atoms with Crippen LogP contribution in [0.4, 0.5) is 0 Å². The van der Waals surface area contributed by atoms with E-state index in [1.165, 1.54) is 0 Å². The maximum Gasteiger partial charge on any atom is 0.119 e. The summed E-state index contributed by atoms with van der Waals surface area (Å²) in [5, 5.41) is 0. The Kier molecular flexibility index (Phi) is 5.18. The van der Waals surface area contributed by atoms with Gasteiger partial charge in [-0.2, -0.15) is 0 Å². The summed E-state index contributed by atoms with van der Waals surface area (Å²) in [5.74, 6) is 1.76. The first kappa shape index (κ1) is 15.6. The SMILES string of the molecule is COc1ccc(OCCCN2C[C@H]3OCCN(C)[C@H]3C2)cc1. The van der Waals surface area contributed by atoms with Gasteiger partial charge in [0.05, 0.1) is 26.4 Å². The summed E-state index contributed by atoms with van der Waals surface area (Å²) in [5.41, 5.74) is 0. The number of rotatable bonds is 6. The lowest BCUT2D eigenvalue weighted by atomic mass is 10.1. The normalized spacial score (nSPS) is 25.9. The molecule has 0 radical (unpaired) electrons. The van der Waals surface area contributed by atoms with E-state index in [-0.39, 0.29) is 0 Å². The molecule has 0 bridgehead atoms. The smallest absolute Gasteiger partial charge is 0.119 e. The fraction of sp³-hybridized carbons (Fsp3) is 0.647. The second kappa shape index (κ2) is 7.31. The topological polar surface area (TPSA) is 34.2 Å². The zero-order chi connectivity index (χ0) is 15.4. The summed E-state index contributed by atoms with van der Waals surface area (Å²) in [7, 11) is 3.88. The summed E-state index contributed by atoms with van der Waals surface area (Å²) in [6.07, 6.45) is 1.43. The third-order valence-electron chi connectivity index (χ3n) is 4.60. The first-order valence-electron chi connectivity index (χ1n) is 8.07. The summed E-state index contributed by atoms with van der Waals surface area (Å²) in [4.78, 5) is 4.93. The number of morpholine rings is 1. The number of fused-ring (bicyclic) bond motifs is 1. The zero-order valence-electron chi connectivity index (χ0n) is 13.5. The minimum atomic E-state index is 0.390. The van der Waals surface area contributed by atoms with E-state index in [1.54, 1.807) is 7.11 Å². The quantitative estimate of drug-likeness (QED) is 0.744. The van der Waals surface area contributed by atoms with E-state index in [4.69, 9.17) is 14.2 Å². The molecule has 2 aliphatic rings. The number of hydrogen-bond acceptors (Lipinski definition) is 5. The molecule has 2 fully saturated rings. The van der Waals surface area contributed by atoms with Crippen molar-refractivity contribution >= 4 is 0 Å². The van der Waals surface area contributed by atoms with Crippen molar-refractivity contribution in [2.45, 2.75) is 18.6 Å². The average Bonchev–Trinajstić information content (AvgIpc) is 2.97. The molecule has 0 aromatic heterocycles. The highest BCUT2D eigenvalue weighted by atomic mass is 16.5. The van der Waals surface area contributed by atoms with Crippen molar-refractivity contribution < 1.29 is 14.2 Å².